The Hall–Kier alpha value is -2.63. The van der Waals surface area contributed by atoms with Crippen molar-refractivity contribution in [3.05, 3.63) is 70.9 Å². The average Bonchev–Trinajstić information content (AvgIpc) is 2.78. The number of piperazine rings is 1. The molecule has 0 aliphatic carbocycles. The lowest BCUT2D eigenvalue weighted by molar-refractivity contribution is 0.0953. The van der Waals surface area contributed by atoms with Crippen molar-refractivity contribution in [2.24, 2.45) is 0 Å². The molecule has 1 amide bonds. The van der Waals surface area contributed by atoms with E-state index in [2.05, 4.69) is 39.2 Å². The number of hydrogen-bond acceptors (Lipinski definition) is 4. The van der Waals surface area contributed by atoms with E-state index in [1.54, 1.807) is 12.3 Å². The number of aryl methyl sites for hydroxylation is 1. The van der Waals surface area contributed by atoms with Crippen LogP contribution in [0.4, 0.5) is 5.69 Å². The second-order valence-electron chi connectivity index (χ2n) is 7.74. The molecule has 1 saturated heterocycles. The maximum atomic E-state index is 12.6. The lowest BCUT2D eigenvalue weighted by Crippen LogP contribution is -2.47. The molecule has 1 aromatic heterocycles. The third kappa shape index (κ3) is 4.74. The van der Waals surface area contributed by atoms with Crippen LogP contribution in [0, 0.1) is 6.92 Å². The maximum absolute atomic E-state index is 12.6. The molecule has 1 aliphatic rings. The Balaban J connectivity index is 1.23. The Morgan fingerprint density at radius 2 is 1.90 bits per heavy atom. The zero-order chi connectivity index (χ0) is 20.9. The first-order chi connectivity index (χ1) is 14.6. The van der Waals surface area contributed by atoms with Crippen molar-refractivity contribution in [3.63, 3.8) is 0 Å². The normalized spacial score (nSPS) is 14.8. The molecular formula is C24H27ClN4O. The molecule has 1 N–H and O–H groups in total. The Kier molecular flexibility index (Phi) is 6.50. The van der Waals surface area contributed by atoms with E-state index < -0.39 is 0 Å². The van der Waals surface area contributed by atoms with E-state index in [4.69, 9.17) is 11.6 Å². The van der Waals surface area contributed by atoms with Gasteiger partial charge in [0.25, 0.3) is 5.91 Å². The number of hydrogen-bond donors (Lipinski definition) is 1. The number of halogens is 1. The minimum absolute atomic E-state index is 0.0325. The van der Waals surface area contributed by atoms with Gasteiger partial charge in [-0.15, -0.1) is 0 Å². The van der Waals surface area contributed by atoms with Crippen LogP contribution in [-0.4, -0.2) is 55.1 Å². The SMILES string of the molecule is Cc1ccc(Cl)cc1N1CCN(CCCNC(=O)c2ccnc3ccccc23)CC1. The molecule has 2 aromatic carbocycles. The van der Waals surface area contributed by atoms with Crippen LogP contribution in [0.2, 0.25) is 5.02 Å². The van der Waals surface area contributed by atoms with Gasteiger partial charge in [0.05, 0.1) is 11.1 Å². The van der Waals surface area contributed by atoms with Crippen LogP contribution in [0.1, 0.15) is 22.3 Å². The predicted molar refractivity (Wildman–Crippen MR) is 124 cm³/mol. The smallest absolute Gasteiger partial charge is 0.252 e. The van der Waals surface area contributed by atoms with Crippen molar-refractivity contribution < 1.29 is 4.79 Å². The summed E-state index contributed by atoms with van der Waals surface area (Å²) in [5.74, 6) is -0.0325. The standard InChI is InChI=1S/C24H27ClN4O/c1-18-7-8-19(25)17-23(18)29-15-13-28(14-16-29)12-4-10-27-24(30)21-9-11-26-22-6-3-2-5-20(21)22/h2-3,5-9,11,17H,4,10,12-16H2,1H3,(H,27,30). The summed E-state index contributed by atoms with van der Waals surface area (Å²) in [5.41, 5.74) is 4.03. The number of para-hydroxylation sites is 1. The van der Waals surface area contributed by atoms with E-state index in [1.165, 1.54) is 11.3 Å². The van der Waals surface area contributed by atoms with Crippen molar-refractivity contribution in [3.8, 4) is 0 Å². The van der Waals surface area contributed by atoms with Crippen molar-refractivity contribution in [1.29, 1.82) is 0 Å². The molecule has 1 fully saturated rings. The molecule has 156 valence electrons. The second kappa shape index (κ2) is 9.45. The van der Waals surface area contributed by atoms with Crippen LogP contribution in [0.15, 0.2) is 54.7 Å². The van der Waals surface area contributed by atoms with Gasteiger partial charge in [-0.3, -0.25) is 14.7 Å². The number of carbonyl (C=O) groups is 1. The molecule has 4 rings (SSSR count). The zero-order valence-electron chi connectivity index (χ0n) is 17.3. The summed E-state index contributed by atoms with van der Waals surface area (Å²) in [7, 11) is 0. The number of benzene rings is 2. The summed E-state index contributed by atoms with van der Waals surface area (Å²) in [5, 5.41) is 4.74. The molecule has 30 heavy (non-hydrogen) atoms. The number of nitrogens with one attached hydrogen (secondary N) is 1. The number of amides is 1. The topological polar surface area (TPSA) is 48.5 Å². The molecule has 5 nitrogen and oxygen atoms in total. The summed E-state index contributed by atoms with van der Waals surface area (Å²) < 4.78 is 0. The molecule has 0 saturated carbocycles. The molecule has 0 radical (unpaired) electrons. The molecule has 3 aromatic rings. The van der Waals surface area contributed by atoms with Gasteiger partial charge in [-0.1, -0.05) is 35.9 Å². The molecule has 0 spiro atoms. The number of anilines is 1. The monoisotopic (exact) mass is 422 g/mol. The molecule has 0 bridgehead atoms. The highest BCUT2D eigenvalue weighted by molar-refractivity contribution is 6.30. The van der Waals surface area contributed by atoms with Gasteiger partial charge < -0.3 is 10.2 Å². The van der Waals surface area contributed by atoms with Crippen LogP contribution < -0.4 is 10.2 Å². The van der Waals surface area contributed by atoms with Crippen molar-refractivity contribution in [2.45, 2.75) is 13.3 Å². The molecule has 2 heterocycles. The van der Waals surface area contributed by atoms with E-state index >= 15 is 0 Å². The highest BCUT2D eigenvalue weighted by atomic mass is 35.5. The summed E-state index contributed by atoms with van der Waals surface area (Å²) >= 11 is 6.18. The first-order valence-electron chi connectivity index (χ1n) is 10.5. The van der Waals surface area contributed by atoms with Crippen LogP contribution in [0.5, 0.6) is 0 Å². The molecule has 0 unspecified atom stereocenters. The van der Waals surface area contributed by atoms with Crippen LogP contribution in [0.25, 0.3) is 10.9 Å². The van der Waals surface area contributed by atoms with E-state index in [-0.39, 0.29) is 5.91 Å². The van der Waals surface area contributed by atoms with Gasteiger partial charge in [0.1, 0.15) is 0 Å². The predicted octanol–water partition coefficient (Wildman–Crippen LogP) is 4.14. The highest BCUT2D eigenvalue weighted by Crippen LogP contribution is 2.25. The maximum Gasteiger partial charge on any atom is 0.252 e. The first kappa shape index (κ1) is 20.6. The Morgan fingerprint density at radius 3 is 2.73 bits per heavy atom. The van der Waals surface area contributed by atoms with Gasteiger partial charge in [0.2, 0.25) is 0 Å². The van der Waals surface area contributed by atoms with Gasteiger partial charge in [0, 0.05) is 55.0 Å². The Labute approximate surface area is 182 Å². The van der Waals surface area contributed by atoms with Gasteiger partial charge in [0.15, 0.2) is 0 Å². The fourth-order valence-electron chi connectivity index (χ4n) is 4.03. The lowest BCUT2D eigenvalue weighted by atomic mass is 10.1. The summed E-state index contributed by atoms with van der Waals surface area (Å²) in [6, 6.07) is 15.6. The molecule has 6 heteroatoms. The molecule has 1 aliphatic heterocycles. The van der Waals surface area contributed by atoms with Crippen LogP contribution in [0.3, 0.4) is 0 Å². The number of carbonyl (C=O) groups excluding carboxylic acids is 1. The summed E-state index contributed by atoms with van der Waals surface area (Å²) in [6.45, 7) is 7.83. The Bertz CT molecular complexity index is 1030. The molecule has 0 atom stereocenters. The second-order valence-corrected chi connectivity index (χ2v) is 8.18. The third-order valence-corrected chi connectivity index (χ3v) is 5.95. The van der Waals surface area contributed by atoms with E-state index in [1.807, 2.05) is 30.3 Å². The van der Waals surface area contributed by atoms with Crippen LogP contribution in [-0.2, 0) is 0 Å². The number of rotatable bonds is 6. The first-order valence-corrected chi connectivity index (χ1v) is 10.8. The summed E-state index contributed by atoms with van der Waals surface area (Å²) in [4.78, 5) is 21.8. The van der Waals surface area contributed by atoms with Gasteiger partial charge >= 0.3 is 0 Å². The Morgan fingerprint density at radius 1 is 1.10 bits per heavy atom. The average molecular weight is 423 g/mol. The third-order valence-electron chi connectivity index (χ3n) is 5.71. The zero-order valence-corrected chi connectivity index (χ0v) is 18.0. The minimum Gasteiger partial charge on any atom is -0.369 e. The highest BCUT2D eigenvalue weighted by Gasteiger charge is 2.18. The van der Waals surface area contributed by atoms with Crippen molar-refractivity contribution in [2.75, 3.05) is 44.2 Å². The van der Waals surface area contributed by atoms with Gasteiger partial charge in [-0.2, -0.15) is 0 Å². The summed E-state index contributed by atoms with van der Waals surface area (Å²) in [6.07, 6.45) is 2.63. The van der Waals surface area contributed by atoms with Crippen LogP contribution >= 0.6 is 11.6 Å². The minimum atomic E-state index is -0.0325. The van der Waals surface area contributed by atoms with Crippen molar-refractivity contribution >= 4 is 34.1 Å². The largest absolute Gasteiger partial charge is 0.369 e. The van der Waals surface area contributed by atoms with E-state index in [9.17, 15) is 4.79 Å². The fourth-order valence-corrected chi connectivity index (χ4v) is 4.20. The number of nitrogens with zero attached hydrogens (tertiary/aromatic N) is 3. The van der Waals surface area contributed by atoms with Crippen molar-refractivity contribution in [1.82, 2.24) is 15.2 Å². The quantitative estimate of drug-likeness (QED) is 0.606. The fraction of sp³-hybridized carbons (Fsp3) is 0.333. The van der Waals surface area contributed by atoms with E-state index in [0.29, 0.717) is 12.1 Å². The number of fused-ring (bicyclic) bond motifs is 1. The van der Waals surface area contributed by atoms with Gasteiger partial charge in [-0.05, 0) is 49.7 Å². The van der Waals surface area contributed by atoms with E-state index in [0.717, 1.165) is 55.1 Å². The molecular weight excluding hydrogens is 396 g/mol. The van der Waals surface area contributed by atoms with Gasteiger partial charge in [-0.25, -0.2) is 0 Å². The number of aromatic nitrogens is 1. The number of pyridine rings is 1. The lowest BCUT2D eigenvalue weighted by Gasteiger charge is -2.37.